The molecule has 0 unspecified atom stereocenters. The average molecular weight is 255 g/mol. The quantitative estimate of drug-likeness (QED) is 0.836. The van der Waals surface area contributed by atoms with Crippen LogP contribution >= 0.6 is 0 Å². The lowest BCUT2D eigenvalue weighted by molar-refractivity contribution is -0.275. The third-order valence-electron chi connectivity index (χ3n) is 1.95. The van der Waals surface area contributed by atoms with Crippen LogP contribution in [0, 0.1) is 0 Å². The van der Waals surface area contributed by atoms with E-state index >= 15 is 0 Å². The predicted molar refractivity (Wildman–Crippen MR) is 57.4 cm³/mol. The molecule has 6 heteroatoms. The molecule has 18 heavy (non-hydrogen) atoms. The number of nitrogens with zero attached hydrogens (tertiary/aromatic N) is 1. The molecule has 0 amide bonds. The van der Waals surface area contributed by atoms with Crippen LogP contribution in [0.25, 0.3) is 0 Å². The highest BCUT2D eigenvalue weighted by atomic mass is 19.4. The maximum atomic E-state index is 12.2. The van der Waals surface area contributed by atoms with E-state index in [-0.39, 0.29) is 11.5 Å². The van der Waals surface area contributed by atoms with Gasteiger partial charge in [-0.3, -0.25) is 4.98 Å². The Hall–Kier alpha value is -2.24. The summed E-state index contributed by atoms with van der Waals surface area (Å²) in [5.74, 6) is -0.0222. The molecule has 0 aliphatic carbocycles. The number of aromatic nitrogens is 1. The van der Waals surface area contributed by atoms with Crippen LogP contribution in [0.5, 0.6) is 17.2 Å². The Morgan fingerprint density at radius 2 is 1.50 bits per heavy atom. The van der Waals surface area contributed by atoms with Gasteiger partial charge in [-0.2, -0.15) is 0 Å². The zero-order chi connectivity index (χ0) is 13.0. The van der Waals surface area contributed by atoms with Gasteiger partial charge in [0.15, 0.2) is 11.5 Å². The van der Waals surface area contributed by atoms with Crippen LogP contribution in [0.15, 0.2) is 48.8 Å². The van der Waals surface area contributed by atoms with E-state index in [1.807, 2.05) is 0 Å². The fourth-order valence-electron chi connectivity index (χ4n) is 1.28. The number of benzene rings is 1. The second-order valence-electron chi connectivity index (χ2n) is 3.28. The van der Waals surface area contributed by atoms with E-state index in [1.54, 1.807) is 6.07 Å². The van der Waals surface area contributed by atoms with Crippen LogP contribution in [-0.4, -0.2) is 11.3 Å². The number of rotatable bonds is 3. The molecular weight excluding hydrogens is 247 g/mol. The summed E-state index contributed by atoms with van der Waals surface area (Å²) < 4.78 is 45.7. The van der Waals surface area contributed by atoms with E-state index in [0.29, 0.717) is 5.75 Å². The van der Waals surface area contributed by atoms with Crippen molar-refractivity contribution in [1.82, 2.24) is 4.98 Å². The van der Waals surface area contributed by atoms with Crippen LogP contribution in [0.1, 0.15) is 0 Å². The lowest BCUT2D eigenvalue weighted by atomic mass is 10.3. The molecule has 0 N–H and O–H groups in total. The summed E-state index contributed by atoms with van der Waals surface area (Å²) in [6.07, 6.45) is -1.80. The SMILES string of the molecule is FC(F)(F)Oc1ccccc1Oc1ccncc1. The molecule has 0 bridgehead atoms. The van der Waals surface area contributed by atoms with Gasteiger partial charge in [0.25, 0.3) is 0 Å². The molecule has 0 saturated carbocycles. The first-order valence-corrected chi connectivity index (χ1v) is 4.97. The number of hydrogen-bond acceptors (Lipinski definition) is 3. The minimum absolute atomic E-state index is 0.0129. The average Bonchev–Trinajstić information content (AvgIpc) is 2.31. The number of alkyl halides is 3. The lowest BCUT2D eigenvalue weighted by Gasteiger charge is -2.13. The van der Waals surface area contributed by atoms with Crippen molar-refractivity contribution in [3.8, 4) is 17.2 Å². The van der Waals surface area contributed by atoms with Crippen molar-refractivity contribution in [2.45, 2.75) is 6.36 Å². The molecular formula is C12H8F3NO2. The monoisotopic (exact) mass is 255 g/mol. The molecule has 0 fully saturated rings. The summed E-state index contributed by atoms with van der Waals surface area (Å²) in [4.78, 5) is 3.78. The first-order chi connectivity index (χ1) is 8.54. The summed E-state index contributed by atoms with van der Waals surface area (Å²) in [5, 5.41) is 0. The van der Waals surface area contributed by atoms with Crippen LogP contribution in [0.4, 0.5) is 13.2 Å². The van der Waals surface area contributed by atoms with Crippen molar-refractivity contribution in [2.24, 2.45) is 0 Å². The number of pyridine rings is 1. The van der Waals surface area contributed by atoms with Crippen molar-refractivity contribution < 1.29 is 22.6 Å². The van der Waals surface area contributed by atoms with Gasteiger partial charge in [0.2, 0.25) is 0 Å². The summed E-state index contributed by atoms with van der Waals surface area (Å²) in [7, 11) is 0. The molecule has 1 aromatic carbocycles. The highest BCUT2D eigenvalue weighted by Crippen LogP contribution is 2.34. The summed E-state index contributed by atoms with van der Waals surface area (Å²) in [6, 6.07) is 8.63. The van der Waals surface area contributed by atoms with Gasteiger partial charge in [0, 0.05) is 12.4 Å². The molecule has 0 saturated heterocycles. The van der Waals surface area contributed by atoms with E-state index in [4.69, 9.17) is 4.74 Å². The number of hydrogen-bond donors (Lipinski definition) is 0. The molecule has 1 aromatic heterocycles. The van der Waals surface area contributed by atoms with Gasteiger partial charge >= 0.3 is 6.36 Å². The molecule has 0 aliphatic heterocycles. The molecule has 94 valence electrons. The van der Waals surface area contributed by atoms with Crippen molar-refractivity contribution >= 4 is 0 Å². The highest BCUT2D eigenvalue weighted by Gasteiger charge is 2.32. The third-order valence-corrected chi connectivity index (χ3v) is 1.95. The van der Waals surface area contributed by atoms with Gasteiger partial charge in [0.1, 0.15) is 5.75 Å². The number of halogens is 3. The largest absolute Gasteiger partial charge is 0.573 e. The van der Waals surface area contributed by atoms with E-state index in [2.05, 4.69) is 9.72 Å². The van der Waals surface area contributed by atoms with E-state index in [0.717, 1.165) is 0 Å². The van der Waals surface area contributed by atoms with E-state index < -0.39 is 6.36 Å². The Bertz CT molecular complexity index is 514. The zero-order valence-electron chi connectivity index (χ0n) is 9.02. The van der Waals surface area contributed by atoms with Crippen LogP contribution < -0.4 is 9.47 Å². The molecule has 3 nitrogen and oxygen atoms in total. The topological polar surface area (TPSA) is 31.4 Å². The van der Waals surface area contributed by atoms with E-state index in [1.165, 1.54) is 42.7 Å². The molecule has 2 aromatic rings. The summed E-state index contributed by atoms with van der Waals surface area (Å²) in [6.45, 7) is 0. The highest BCUT2D eigenvalue weighted by molar-refractivity contribution is 5.42. The Kier molecular flexibility index (Phi) is 3.36. The number of para-hydroxylation sites is 2. The lowest BCUT2D eigenvalue weighted by Crippen LogP contribution is -2.17. The van der Waals surface area contributed by atoms with Gasteiger partial charge in [0.05, 0.1) is 0 Å². The minimum Gasteiger partial charge on any atom is -0.453 e. The number of ether oxygens (including phenoxy) is 2. The van der Waals surface area contributed by atoms with Gasteiger partial charge in [-0.15, -0.1) is 13.2 Å². The Balaban J connectivity index is 2.23. The van der Waals surface area contributed by atoms with Crippen molar-refractivity contribution in [2.75, 3.05) is 0 Å². The molecule has 0 spiro atoms. The van der Waals surface area contributed by atoms with Gasteiger partial charge in [-0.25, -0.2) is 0 Å². The van der Waals surface area contributed by atoms with Crippen LogP contribution in [-0.2, 0) is 0 Å². The first kappa shape index (κ1) is 12.2. The molecule has 0 aliphatic rings. The summed E-state index contributed by atoms with van der Waals surface area (Å²) in [5.41, 5.74) is 0. The smallest absolute Gasteiger partial charge is 0.453 e. The maximum absolute atomic E-state index is 12.2. The molecule has 1 heterocycles. The summed E-state index contributed by atoms with van der Waals surface area (Å²) >= 11 is 0. The minimum atomic E-state index is -4.75. The van der Waals surface area contributed by atoms with Crippen LogP contribution in [0.3, 0.4) is 0 Å². The van der Waals surface area contributed by atoms with Crippen molar-refractivity contribution in [1.29, 1.82) is 0 Å². The normalized spacial score (nSPS) is 11.1. The van der Waals surface area contributed by atoms with Crippen molar-refractivity contribution in [3.63, 3.8) is 0 Å². The first-order valence-electron chi connectivity index (χ1n) is 4.97. The van der Waals surface area contributed by atoms with Gasteiger partial charge in [-0.05, 0) is 24.3 Å². The third kappa shape index (κ3) is 3.38. The van der Waals surface area contributed by atoms with Gasteiger partial charge in [-0.1, -0.05) is 12.1 Å². The molecule has 0 radical (unpaired) electrons. The Morgan fingerprint density at radius 3 is 2.11 bits per heavy atom. The zero-order valence-corrected chi connectivity index (χ0v) is 9.02. The molecule has 0 atom stereocenters. The van der Waals surface area contributed by atoms with E-state index in [9.17, 15) is 13.2 Å². The fraction of sp³-hybridized carbons (Fsp3) is 0.0833. The standard InChI is InChI=1S/C12H8F3NO2/c13-12(14,15)18-11-4-2-1-3-10(11)17-9-5-7-16-8-6-9/h1-8H. The maximum Gasteiger partial charge on any atom is 0.573 e. The second-order valence-corrected chi connectivity index (χ2v) is 3.28. The second kappa shape index (κ2) is 4.95. The van der Waals surface area contributed by atoms with Gasteiger partial charge < -0.3 is 9.47 Å². The molecule has 2 rings (SSSR count). The Morgan fingerprint density at radius 1 is 0.889 bits per heavy atom. The Labute approximate surface area is 101 Å². The van der Waals surface area contributed by atoms with Crippen LogP contribution in [0.2, 0.25) is 0 Å². The predicted octanol–water partition coefficient (Wildman–Crippen LogP) is 3.77. The fourth-order valence-corrected chi connectivity index (χ4v) is 1.28. The van der Waals surface area contributed by atoms with Crippen molar-refractivity contribution in [3.05, 3.63) is 48.8 Å².